The van der Waals surface area contributed by atoms with Crippen LogP contribution in [0.3, 0.4) is 0 Å². The number of pyridine rings is 1. The highest BCUT2D eigenvalue weighted by molar-refractivity contribution is 9.10. The lowest BCUT2D eigenvalue weighted by molar-refractivity contribution is -0.136. The molecule has 0 aliphatic heterocycles. The monoisotopic (exact) mass is 321 g/mol. The molecule has 98 valence electrons. The Labute approximate surface area is 119 Å². The van der Waals surface area contributed by atoms with E-state index in [1.54, 1.807) is 30.3 Å². The first kappa shape index (κ1) is 13.5. The lowest BCUT2D eigenvalue weighted by atomic mass is 10.1. The maximum atomic E-state index is 10.7. The molecular formula is C14H12BrNO3. The van der Waals surface area contributed by atoms with Gasteiger partial charge in [-0.15, -0.1) is 0 Å². The Balaban J connectivity index is 2.18. The number of benzene rings is 1. The summed E-state index contributed by atoms with van der Waals surface area (Å²) in [5.74, 6) is 0.191. The first-order valence-electron chi connectivity index (χ1n) is 5.66. The van der Waals surface area contributed by atoms with Crippen LogP contribution < -0.4 is 4.74 Å². The summed E-state index contributed by atoms with van der Waals surface area (Å²) in [5, 5.41) is 8.76. The van der Waals surface area contributed by atoms with Gasteiger partial charge in [-0.2, -0.15) is 0 Å². The number of hydrogen-bond donors (Lipinski definition) is 1. The summed E-state index contributed by atoms with van der Waals surface area (Å²) >= 11 is 3.37. The fourth-order valence-electron chi connectivity index (χ4n) is 1.59. The van der Waals surface area contributed by atoms with Crippen molar-refractivity contribution in [3.63, 3.8) is 0 Å². The second-order valence-electron chi connectivity index (χ2n) is 4.04. The van der Waals surface area contributed by atoms with Gasteiger partial charge in [-0.3, -0.25) is 4.79 Å². The van der Waals surface area contributed by atoms with E-state index >= 15 is 0 Å². The normalized spacial score (nSPS) is 10.2. The van der Waals surface area contributed by atoms with Gasteiger partial charge in [0.25, 0.3) is 0 Å². The molecule has 0 atom stereocenters. The molecule has 5 heteroatoms. The Morgan fingerprint density at radius 3 is 2.84 bits per heavy atom. The topological polar surface area (TPSA) is 59.4 Å². The SMILES string of the molecule is Cc1nc(Oc2cccc(CC(=O)O)c2)ccc1Br. The van der Waals surface area contributed by atoms with Crippen molar-refractivity contribution < 1.29 is 14.6 Å². The molecule has 19 heavy (non-hydrogen) atoms. The average molecular weight is 322 g/mol. The molecule has 0 radical (unpaired) electrons. The molecule has 2 rings (SSSR count). The van der Waals surface area contributed by atoms with E-state index in [0.29, 0.717) is 17.2 Å². The van der Waals surface area contributed by atoms with Crippen LogP contribution in [-0.4, -0.2) is 16.1 Å². The van der Waals surface area contributed by atoms with Crippen molar-refractivity contribution in [2.45, 2.75) is 13.3 Å². The Morgan fingerprint density at radius 1 is 1.37 bits per heavy atom. The maximum absolute atomic E-state index is 10.7. The summed E-state index contributed by atoms with van der Waals surface area (Å²) in [4.78, 5) is 14.9. The zero-order valence-corrected chi connectivity index (χ0v) is 11.8. The van der Waals surface area contributed by atoms with Crippen LogP contribution in [0.5, 0.6) is 11.6 Å². The van der Waals surface area contributed by atoms with Crippen LogP contribution in [0, 0.1) is 6.92 Å². The van der Waals surface area contributed by atoms with E-state index in [0.717, 1.165) is 10.2 Å². The first-order valence-corrected chi connectivity index (χ1v) is 6.45. The highest BCUT2D eigenvalue weighted by Crippen LogP contribution is 2.23. The van der Waals surface area contributed by atoms with Gasteiger partial charge in [0.05, 0.1) is 12.1 Å². The number of aryl methyl sites for hydroxylation is 1. The summed E-state index contributed by atoms with van der Waals surface area (Å²) in [5.41, 5.74) is 1.53. The number of nitrogens with zero attached hydrogens (tertiary/aromatic N) is 1. The first-order chi connectivity index (χ1) is 9.04. The number of aromatic nitrogens is 1. The summed E-state index contributed by atoms with van der Waals surface area (Å²) in [6.07, 6.45) is -0.0238. The zero-order chi connectivity index (χ0) is 13.8. The molecule has 0 saturated heterocycles. The van der Waals surface area contributed by atoms with Gasteiger partial charge in [0.2, 0.25) is 5.88 Å². The maximum Gasteiger partial charge on any atom is 0.307 e. The molecule has 1 heterocycles. The van der Waals surface area contributed by atoms with E-state index in [4.69, 9.17) is 9.84 Å². The van der Waals surface area contributed by atoms with Gasteiger partial charge in [0.15, 0.2) is 0 Å². The van der Waals surface area contributed by atoms with E-state index in [2.05, 4.69) is 20.9 Å². The molecular weight excluding hydrogens is 310 g/mol. The minimum Gasteiger partial charge on any atom is -0.481 e. The number of ether oxygens (including phenoxy) is 1. The average Bonchev–Trinajstić information content (AvgIpc) is 2.33. The van der Waals surface area contributed by atoms with Gasteiger partial charge < -0.3 is 9.84 Å². The third-order valence-electron chi connectivity index (χ3n) is 2.47. The smallest absolute Gasteiger partial charge is 0.307 e. The minimum atomic E-state index is -0.866. The molecule has 2 aromatic rings. The standard InChI is InChI=1S/C14H12BrNO3/c1-9-12(15)5-6-13(16-9)19-11-4-2-3-10(7-11)8-14(17)18/h2-7H,8H2,1H3,(H,17,18). The number of halogens is 1. The van der Waals surface area contributed by atoms with Crippen LogP contribution in [0.4, 0.5) is 0 Å². The molecule has 1 aromatic carbocycles. The predicted molar refractivity (Wildman–Crippen MR) is 74.5 cm³/mol. The van der Waals surface area contributed by atoms with Crippen LogP contribution in [0.1, 0.15) is 11.3 Å². The van der Waals surface area contributed by atoms with Crippen LogP contribution in [0.15, 0.2) is 40.9 Å². The Morgan fingerprint density at radius 2 is 2.16 bits per heavy atom. The highest BCUT2D eigenvalue weighted by atomic mass is 79.9. The van der Waals surface area contributed by atoms with Gasteiger partial charge in [0.1, 0.15) is 5.75 Å². The zero-order valence-electron chi connectivity index (χ0n) is 10.3. The summed E-state index contributed by atoms with van der Waals surface area (Å²) < 4.78 is 6.53. The second kappa shape index (κ2) is 5.84. The molecule has 0 aliphatic rings. The van der Waals surface area contributed by atoms with E-state index < -0.39 is 5.97 Å². The van der Waals surface area contributed by atoms with Crippen molar-refractivity contribution in [2.24, 2.45) is 0 Å². The van der Waals surface area contributed by atoms with Crippen molar-refractivity contribution in [3.05, 3.63) is 52.1 Å². The van der Waals surface area contributed by atoms with E-state index in [1.807, 2.05) is 13.0 Å². The molecule has 0 spiro atoms. The fraction of sp³-hybridized carbons (Fsp3) is 0.143. The lowest BCUT2D eigenvalue weighted by Crippen LogP contribution is -2.00. The number of rotatable bonds is 4. The van der Waals surface area contributed by atoms with Crippen LogP contribution in [0.25, 0.3) is 0 Å². The molecule has 0 amide bonds. The number of carboxylic acid groups (broad SMARTS) is 1. The van der Waals surface area contributed by atoms with Crippen molar-refractivity contribution in [1.82, 2.24) is 4.98 Å². The molecule has 1 aromatic heterocycles. The second-order valence-corrected chi connectivity index (χ2v) is 4.89. The molecule has 1 N–H and O–H groups in total. The summed E-state index contributed by atoms with van der Waals surface area (Å²) in [6, 6.07) is 10.6. The van der Waals surface area contributed by atoms with Crippen LogP contribution in [0.2, 0.25) is 0 Å². The number of carbonyl (C=O) groups is 1. The van der Waals surface area contributed by atoms with Crippen molar-refractivity contribution >= 4 is 21.9 Å². The van der Waals surface area contributed by atoms with Crippen LogP contribution in [-0.2, 0) is 11.2 Å². The number of aliphatic carboxylic acids is 1. The molecule has 0 unspecified atom stereocenters. The third kappa shape index (κ3) is 3.79. The molecule has 0 bridgehead atoms. The largest absolute Gasteiger partial charge is 0.481 e. The number of carboxylic acids is 1. The van der Waals surface area contributed by atoms with Crippen molar-refractivity contribution in [3.8, 4) is 11.6 Å². The molecule has 4 nitrogen and oxygen atoms in total. The van der Waals surface area contributed by atoms with Gasteiger partial charge >= 0.3 is 5.97 Å². The Bertz CT molecular complexity index is 613. The fourth-order valence-corrected chi connectivity index (χ4v) is 1.81. The molecule has 0 aliphatic carbocycles. The molecule has 0 fully saturated rings. The van der Waals surface area contributed by atoms with Gasteiger partial charge in [0, 0.05) is 10.5 Å². The van der Waals surface area contributed by atoms with Crippen molar-refractivity contribution in [1.29, 1.82) is 0 Å². The Hall–Kier alpha value is -1.88. The number of hydrogen-bond acceptors (Lipinski definition) is 3. The third-order valence-corrected chi connectivity index (χ3v) is 3.31. The predicted octanol–water partition coefficient (Wildman–Crippen LogP) is 3.57. The summed E-state index contributed by atoms with van der Waals surface area (Å²) in [6.45, 7) is 1.87. The Kier molecular flexibility index (Phi) is 4.16. The lowest BCUT2D eigenvalue weighted by Gasteiger charge is -2.07. The van der Waals surface area contributed by atoms with Gasteiger partial charge in [-0.25, -0.2) is 4.98 Å². The van der Waals surface area contributed by atoms with E-state index in [1.165, 1.54) is 0 Å². The highest BCUT2D eigenvalue weighted by Gasteiger charge is 2.05. The molecule has 0 saturated carbocycles. The van der Waals surface area contributed by atoms with Gasteiger partial charge in [-0.1, -0.05) is 12.1 Å². The van der Waals surface area contributed by atoms with E-state index in [9.17, 15) is 4.79 Å². The minimum absolute atomic E-state index is 0.0238. The van der Waals surface area contributed by atoms with E-state index in [-0.39, 0.29) is 6.42 Å². The van der Waals surface area contributed by atoms with Gasteiger partial charge in [-0.05, 0) is 46.6 Å². The van der Waals surface area contributed by atoms with Crippen LogP contribution >= 0.6 is 15.9 Å². The summed E-state index contributed by atoms with van der Waals surface area (Å²) in [7, 11) is 0. The van der Waals surface area contributed by atoms with Crippen molar-refractivity contribution in [2.75, 3.05) is 0 Å². The quantitative estimate of drug-likeness (QED) is 0.935.